The molecule has 2 saturated heterocycles. The summed E-state index contributed by atoms with van der Waals surface area (Å²) in [6.45, 7) is 3.32. The Balaban J connectivity index is 1.24. The van der Waals surface area contributed by atoms with E-state index in [1.165, 1.54) is 11.1 Å². The number of imidazole rings is 1. The molecule has 2 amide bonds. The van der Waals surface area contributed by atoms with E-state index < -0.39 is 0 Å². The van der Waals surface area contributed by atoms with E-state index in [1.807, 2.05) is 29.2 Å². The SMILES string of the molecule is O=C(c1ccc2c(c1)CC[C@@H]1[C@H]2CCCN1C(=O)c1ccc2[nH]cnc2c1)N1CCOCC1. The highest BCUT2D eigenvalue weighted by molar-refractivity contribution is 5.98. The summed E-state index contributed by atoms with van der Waals surface area (Å²) in [7, 11) is 0. The molecule has 2 fully saturated rings. The lowest BCUT2D eigenvalue weighted by molar-refractivity contribution is 0.0303. The molecule has 7 nitrogen and oxygen atoms in total. The Morgan fingerprint density at radius 3 is 2.67 bits per heavy atom. The number of carbonyl (C=O) groups is 2. The van der Waals surface area contributed by atoms with Crippen LogP contribution in [0.4, 0.5) is 0 Å². The molecule has 0 spiro atoms. The number of rotatable bonds is 2. The van der Waals surface area contributed by atoms with Crippen LogP contribution >= 0.6 is 0 Å². The summed E-state index contributed by atoms with van der Waals surface area (Å²) in [5.41, 5.74) is 5.81. The molecule has 1 N–H and O–H groups in total. The van der Waals surface area contributed by atoms with Crippen molar-refractivity contribution < 1.29 is 14.3 Å². The van der Waals surface area contributed by atoms with Gasteiger partial charge in [0.05, 0.1) is 30.6 Å². The maximum atomic E-state index is 13.5. The zero-order valence-corrected chi connectivity index (χ0v) is 18.6. The topological polar surface area (TPSA) is 78.5 Å². The third kappa shape index (κ3) is 3.60. The lowest BCUT2D eigenvalue weighted by atomic mass is 9.73. The molecule has 3 heterocycles. The summed E-state index contributed by atoms with van der Waals surface area (Å²) in [6.07, 6.45) is 5.56. The van der Waals surface area contributed by atoms with Gasteiger partial charge in [-0.05, 0) is 67.1 Å². The predicted octanol–water partition coefficient (Wildman–Crippen LogP) is 3.37. The number of hydrogen-bond acceptors (Lipinski definition) is 4. The number of amides is 2. The number of aromatic amines is 1. The molecule has 3 aromatic rings. The van der Waals surface area contributed by atoms with Gasteiger partial charge in [0.2, 0.25) is 0 Å². The van der Waals surface area contributed by atoms with Crippen LogP contribution in [0.15, 0.2) is 42.7 Å². The minimum absolute atomic E-state index is 0.0946. The third-order valence-corrected chi connectivity index (χ3v) is 7.51. The van der Waals surface area contributed by atoms with Crippen LogP contribution < -0.4 is 0 Å². The van der Waals surface area contributed by atoms with Gasteiger partial charge >= 0.3 is 0 Å². The van der Waals surface area contributed by atoms with Gasteiger partial charge < -0.3 is 19.5 Å². The first kappa shape index (κ1) is 20.4. The van der Waals surface area contributed by atoms with Crippen LogP contribution in [0, 0.1) is 0 Å². The molecule has 3 aliphatic rings. The number of aryl methyl sites for hydroxylation is 1. The number of fused-ring (bicyclic) bond motifs is 4. The van der Waals surface area contributed by atoms with Gasteiger partial charge in [0.25, 0.3) is 11.8 Å². The quantitative estimate of drug-likeness (QED) is 0.657. The van der Waals surface area contributed by atoms with Crippen LogP contribution in [0.1, 0.15) is 57.0 Å². The maximum Gasteiger partial charge on any atom is 0.254 e. The number of ether oxygens (including phenoxy) is 1. The first-order valence-corrected chi connectivity index (χ1v) is 11.9. The minimum atomic E-state index is 0.0946. The fourth-order valence-corrected chi connectivity index (χ4v) is 5.83. The molecule has 2 aliphatic heterocycles. The fraction of sp³-hybridized carbons (Fsp3) is 0.423. The van der Waals surface area contributed by atoms with Gasteiger partial charge in [0.15, 0.2) is 0 Å². The van der Waals surface area contributed by atoms with E-state index in [9.17, 15) is 9.59 Å². The lowest BCUT2D eigenvalue weighted by Crippen LogP contribution is -2.49. The number of carbonyl (C=O) groups excluding carboxylic acids is 2. The van der Waals surface area contributed by atoms with Gasteiger partial charge in [0.1, 0.15) is 0 Å². The Labute approximate surface area is 192 Å². The summed E-state index contributed by atoms with van der Waals surface area (Å²) in [5.74, 6) is 0.516. The number of benzene rings is 2. The Morgan fingerprint density at radius 2 is 1.79 bits per heavy atom. The van der Waals surface area contributed by atoms with Gasteiger partial charge in [0, 0.05) is 42.7 Å². The second-order valence-electron chi connectivity index (χ2n) is 9.31. The molecular formula is C26H28N4O3. The van der Waals surface area contributed by atoms with Crippen molar-refractivity contribution in [3.63, 3.8) is 0 Å². The number of hydrogen-bond donors (Lipinski definition) is 1. The van der Waals surface area contributed by atoms with Crippen molar-refractivity contribution in [2.75, 3.05) is 32.8 Å². The fourth-order valence-electron chi connectivity index (χ4n) is 5.83. The van der Waals surface area contributed by atoms with Crippen LogP contribution in [0.5, 0.6) is 0 Å². The number of nitrogens with zero attached hydrogens (tertiary/aromatic N) is 3. The van der Waals surface area contributed by atoms with Crippen molar-refractivity contribution in [2.24, 2.45) is 0 Å². The minimum Gasteiger partial charge on any atom is -0.378 e. The van der Waals surface area contributed by atoms with Gasteiger partial charge in [-0.15, -0.1) is 0 Å². The highest BCUT2D eigenvalue weighted by atomic mass is 16.5. The normalized spacial score (nSPS) is 22.7. The molecule has 2 atom stereocenters. The highest BCUT2D eigenvalue weighted by Gasteiger charge is 2.39. The number of nitrogens with one attached hydrogen (secondary N) is 1. The van der Waals surface area contributed by atoms with E-state index in [-0.39, 0.29) is 17.9 Å². The molecule has 170 valence electrons. The molecule has 0 radical (unpaired) electrons. The third-order valence-electron chi connectivity index (χ3n) is 7.51. The van der Waals surface area contributed by atoms with Crippen LogP contribution in [0.25, 0.3) is 11.0 Å². The Kier molecular flexibility index (Phi) is 5.14. The smallest absolute Gasteiger partial charge is 0.254 e. The Hall–Kier alpha value is -3.19. The van der Waals surface area contributed by atoms with Crippen molar-refractivity contribution in [1.82, 2.24) is 19.8 Å². The van der Waals surface area contributed by atoms with Gasteiger partial charge in [-0.1, -0.05) is 6.07 Å². The van der Waals surface area contributed by atoms with E-state index in [2.05, 4.69) is 27.0 Å². The van der Waals surface area contributed by atoms with Crippen molar-refractivity contribution in [1.29, 1.82) is 0 Å². The summed E-state index contributed by atoms with van der Waals surface area (Å²) in [4.78, 5) is 37.8. The van der Waals surface area contributed by atoms with Crippen molar-refractivity contribution in [3.8, 4) is 0 Å². The summed E-state index contributed by atoms with van der Waals surface area (Å²) < 4.78 is 5.38. The highest BCUT2D eigenvalue weighted by Crippen LogP contribution is 2.41. The molecular weight excluding hydrogens is 416 g/mol. The molecule has 1 aromatic heterocycles. The average Bonchev–Trinajstić information content (AvgIpc) is 3.35. The largest absolute Gasteiger partial charge is 0.378 e. The van der Waals surface area contributed by atoms with Crippen LogP contribution in [0.2, 0.25) is 0 Å². The monoisotopic (exact) mass is 444 g/mol. The zero-order chi connectivity index (χ0) is 22.4. The maximum absolute atomic E-state index is 13.5. The molecule has 33 heavy (non-hydrogen) atoms. The molecule has 6 rings (SSSR count). The number of morpholine rings is 1. The summed E-state index contributed by atoms with van der Waals surface area (Å²) in [5, 5.41) is 0. The Morgan fingerprint density at radius 1 is 0.970 bits per heavy atom. The second-order valence-corrected chi connectivity index (χ2v) is 9.31. The van der Waals surface area contributed by atoms with Crippen LogP contribution in [-0.2, 0) is 11.2 Å². The number of H-pyrrole nitrogens is 1. The van der Waals surface area contributed by atoms with E-state index in [1.54, 1.807) is 6.33 Å². The van der Waals surface area contributed by atoms with Crippen molar-refractivity contribution >= 4 is 22.8 Å². The van der Waals surface area contributed by atoms with Crippen molar-refractivity contribution in [2.45, 2.75) is 37.6 Å². The first-order chi connectivity index (χ1) is 16.2. The van der Waals surface area contributed by atoms with Gasteiger partial charge in [-0.3, -0.25) is 9.59 Å². The van der Waals surface area contributed by atoms with Gasteiger partial charge in [-0.25, -0.2) is 4.98 Å². The van der Waals surface area contributed by atoms with E-state index >= 15 is 0 Å². The van der Waals surface area contributed by atoms with E-state index in [4.69, 9.17) is 4.74 Å². The molecule has 0 unspecified atom stereocenters. The van der Waals surface area contributed by atoms with Crippen LogP contribution in [-0.4, -0.2) is 70.5 Å². The van der Waals surface area contributed by atoms with Gasteiger partial charge in [-0.2, -0.15) is 0 Å². The predicted molar refractivity (Wildman–Crippen MR) is 124 cm³/mol. The van der Waals surface area contributed by atoms with E-state index in [0.717, 1.165) is 48.8 Å². The number of likely N-dealkylation sites (tertiary alicyclic amines) is 1. The summed E-state index contributed by atoms with van der Waals surface area (Å²) >= 11 is 0. The standard InChI is InChI=1S/C26H28N4O3/c31-25(29-10-12-33-13-11-29)18-3-6-20-17(14-18)5-8-24-21(20)2-1-9-30(24)26(32)19-4-7-22-23(15-19)28-16-27-22/h3-4,6-7,14-16,21,24H,1-2,5,8-13H2,(H,27,28)/t21-,24+/m0/s1. The summed E-state index contributed by atoms with van der Waals surface area (Å²) in [6, 6.07) is 12.1. The van der Waals surface area contributed by atoms with Crippen molar-refractivity contribution in [3.05, 3.63) is 65.0 Å². The second kappa shape index (κ2) is 8.30. The molecule has 0 bridgehead atoms. The molecule has 0 saturated carbocycles. The number of aromatic nitrogens is 2. The number of piperidine rings is 1. The first-order valence-electron chi connectivity index (χ1n) is 11.9. The average molecular weight is 445 g/mol. The molecule has 1 aliphatic carbocycles. The molecule has 2 aromatic carbocycles. The molecule has 7 heteroatoms. The van der Waals surface area contributed by atoms with Crippen LogP contribution in [0.3, 0.4) is 0 Å². The Bertz CT molecular complexity index is 1210. The lowest BCUT2D eigenvalue weighted by Gasteiger charge is -2.45. The zero-order valence-electron chi connectivity index (χ0n) is 18.6. The van der Waals surface area contributed by atoms with E-state index in [0.29, 0.717) is 37.8 Å².